The third-order valence-corrected chi connectivity index (χ3v) is 7.38. The lowest BCUT2D eigenvalue weighted by molar-refractivity contribution is -0.945. The molecule has 0 saturated heterocycles. The molecule has 0 radical (unpaired) electrons. The second-order valence-electron chi connectivity index (χ2n) is 10.3. The zero-order chi connectivity index (χ0) is 23.1. The highest BCUT2D eigenvalue weighted by Crippen LogP contribution is 2.35. The topological polar surface area (TPSA) is 18.5 Å². The summed E-state index contributed by atoms with van der Waals surface area (Å²) in [5.74, 6) is 0.933. The van der Waals surface area contributed by atoms with Crippen LogP contribution in [-0.2, 0) is 11.2 Å². The standard InChI is InChI=1S/C28H44NO2/c1-9-10-20-29(7,8)27(3,4)28(5,6)30-22-25(21-24-17-12-11-13-18-24)31-26-19-15-14-16-23(26)2/h11-19,25H,9-10,20-22H2,1-8H3/q+1. The van der Waals surface area contributed by atoms with E-state index in [-0.39, 0.29) is 17.2 Å². The fourth-order valence-corrected chi connectivity index (χ4v) is 3.92. The first-order valence-corrected chi connectivity index (χ1v) is 11.7. The highest BCUT2D eigenvalue weighted by Gasteiger charge is 2.50. The predicted molar refractivity (Wildman–Crippen MR) is 132 cm³/mol. The monoisotopic (exact) mass is 426 g/mol. The molecule has 0 N–H and O–H groups in total. The van der Waals surface area contributed by atoms with Crippen molar-refractivity contribution in [3.63, 3.8) is 0 Å². The number of hydrogen-bond donors (Lipinski definition) is 0. The van der Waals surface area contributed by atoms with Crippen molar-refractivity contribution >= 4 is 0 Å². The van der Waals surface area contributed by atoms with E-state index in [1.807, 2.05) is 18.2 Å². The van der Waals surface area contributed by atoms with Gasteiger partial charge in [-0.05, 0) is 58.2 Å². The van der Waals surface area contributed by atoms with Gasteiger partial charge in [0.2, 0.25) is 0 Å². The Kier molecular flexibility index (Phi) is 8.73. The van der Waals surface area contributed by atoms with E-state index in [1.54, 1.807) is 0 Å². The number of aryl methyl sites for hydroxylation is 1. The van der Waals surface area contributed by atoms with E-state index < -0.39 is 0 Å². The molecule has 3 heteroatoms. The highest BCUT2D eigenvalue weighted by atomic mass is 16.5. The Labute approximate surface area is 191 Å². The van der Waals surface area contributed by atoms with E-state index >= 15 is 0 Å². The summed E-state index contributed by atoms with van der Waals surface area (Å²) in [7, 11) is 4.65. The molecule has 0 heterocycles. The van der Waals surface area contributed by atoms with Crippen molar-refractivity contribution in [3.8, 4) is 5.75 Å². The van der Waals surface area contributed by atoms with Crippen molar-refractivity contribution < 1.29 is 14.0 Å². The number of likely N-dealkylation sites (N-methyl/N-ethyl adjacent to an activating group) is 1. The van der Waals surface area contributed by atoms with Gasteiger partial charge in [-0.25, -0.2) is 0 Å². The van der Waals surface area contributed by atoms with Gasteiger partial charge in [-0.2, -0.15) is 0 Å². The van der Waals surface area contributed by atoms with Crippen LogP contribution in [0.15, 0.2) is 54.6 Å². The maximum Gasteiger partial charge on any atom is 0.126 e. The minimum Gasteiger partial charge on any atom is -0.487 e. The van der Waals surface area contributed by atoms with Crippen LogP contribution < -0.4 is 4.74 Å². The summed E-state index contributed by atoms with van der Waals surface area (Å²) in [5, 5.41) is 0. The lowest BCUT2D eigenvalue weighted by Gasteiger charge is -2.52. The normalized spacial score (nSPS) is 13.8. The second-order valence-corrected chi connectivity index (χ2v) is 10.3. The zero-order valence-corrected chi connectivity index (χ0v) is 21.1. The van der Waals surface area contributed by atoms with Gasteiger partial charge in [0.05, 0.1) is 27.2 Å². The molecular weight excluding hydrogens is 382 g/mol. The number of quaternary nitrogens is 1. The number of nitrogens with zero attached hydrogens (tertiary/aromatic N) is 1. The molecule has 0 fully saturated rings. The average Bonchev–Trinajstić information content (AvgIpc) is 2.72. The quantitative estimate of drug-likeness (QED) is 0.364. The molecule has 0 bridgehead atoms. The predicted octanol–water partition coefficient (Wildman–Crippen LogP) is 6.44. The number of para-hydroxylation sites is 1. The highest BCUT2D eigenvalue weighted by molar-refractivity contribution is 5.32. The Bertz CT molecular complexity index is 796. The van der Waals surface area contributed by atoms with Gasteiger partial charge in [-0.1, -0.05) is 61.9 Å². The Morgan fingerprint density at radius 2 is 1.52 bits per heavy atom. The van der Waals surface area contributed by atoms with Crippen LogP contribution in [0.25, 0.3) is 0 Å². The summed E-state index contributed by atoms with van der Waals surface area (Å²) < 4.78 is 14.1. The van der Waals surface area contributed by atoms with Gasteiger partial charge < -0.3 is 14.0 Å². The average molecular weight is 427 g/mol. The maximum atomic E-state index is 6.67. The number of unbranched alkanes of at least 4 members (excludes halogenated alkanes) is 1. The SMILES string of the molecule is CCCC[N+](C)(C)C(C)(C)C(C)(C)OCC(Cc1ccccc1)Oc1ccccc1C. The third-order valence-electron chi connectivity index (χ3n) is 7.38. The van der Waals surface area contributed by atoms with Crippen LogP contribution >= 0.6 is 0 Å². The van der Waals surface area contributed by atoms with E-state index in [0.29, 0.717) is 6.61 Å². The van der Waals surface area contributed by atoms with Crippen LogP contribution in [0.1, 0.15) is 58.6 Å². The number of ether oxygens (including phenoxy) is 2. The van der Waals surface area contributed by atoms with Crippen molar-refractivity contribution in [2.75, 3.05) is 27.2 Å². The molecule has 0 amide bonds. The first-order valence-electron chi connectivity index (χ1n) is 11.7. The molecule has 1 unspecified atom stereocenters. The summed E-state index contributed by atoms with van der Waals surface area (Å²) in [6.07, 6.45) is 3.20. The van der Waals surface area contributed by atoms with E-state index in [2.05, 4.69) is 92.0 Å². The first-order chi connectivity index (χ1) is 14.5. The van der Waals surface area contributed by atoms with Crippen LogP contribution in [0, 0.1) is 6.92 Å². The second kappa shape index (κ2) is 10.7. The van der Waals surface area contributed by atoms with Crippen molar-refractivity contribution in [3.05, 3.63) is 65.7 Å². The van der Waals surface area contributed by atoms with Gasteiger partial charge in [0.15, 0.2) is 0 Å². The van der Waals surface area contributed by atoms with Crippen LogP contribution in [-0.4, -0.2) is 49.0 Å². The zero-order valence-electron chi connectivity index (χ0n) is 21.1. The molecule has 3 nitrogen and oxygen atoms in total. The van der Waals surface area contributed by atoms with Gasteiger partial charge in [0.1, 0.15) is 23.0 Å². The molecule has 31 heavy (non-hydrogen) atoms. The number of rotatable bonds is 12. The Balaban J connectivity index is 2.18. The van der Waals surface area contributed by atoms with Gasteiger partial charge in [-0.3, -0.25) is 0 Å². The van der Waals surface area contributed by atoms with Gasteiger partial charge in [-0.15, -0.1) is 0 Å². The van der Waals surface area contributed by atoms with Crippen molar-refractivity contribution in [2.45, 2.75) is 78.0 Å². The maximum absolute atomic E-state index is 6.67. The van der Waals surface area contributed by atoms with Crippen molar-refractivity contribution in [1.29, 1.82) is 0 Å². The van der Waals surface area contributed by atoms with Crippen LogP contribution in [0.3, 0.4) is 0 Å². The molecule has 2 aromatic rings. The van der Waals surface area contributed by atoms with Crippen LogP contribution in [0.2, 0.25) is 0 Å². The smallest absolute Gasteiger partial charge is 0.126 e. The van der Waals surface area contributed by atoms with E-state index in [4.69, 9.17) is 9.47 Å². The molecular formula is C28H44NO2+. The Hall–Kier alpha value is -1.84. The fraction of sp³-hybridized carbons (Fsp3) is 0.571. The molecule has 0 spiro atoms. The van der Waals surface area contributed by atoms with Gasteiger partial charge in [0.25, 0.3) is 0 Å². The molecule has 2 rings (SSSR count). The van der Waals surface area contributed by atoms with E-state index in [0.717, 1.165) is 28.8 Å². The minimum absolute atomic E-state index is 0.0511. The molecule has 0 aromatic heterocycles. The minimum atomic E-state index is -0.311. The van der Waals surface area contributed by atoms with Crippen molar-refractivity contribution in [2.24, 2.45) is 0 Å². The summed E-state index contributed by atoms with van der Waals surface area (Å²) in [5.41, 5.74) is 2.05. The van der Waals surface area contributed by atoms with Crippen LogP contribution in [0.4, 0.5) is 0 Å². The van der Waals surface area contributed by atoms with Crippen LogP contribution in [0.5, 0.6) is 5.75 Å². The van der Waals surface area contributed by atoms with E-state index in [1.165, 1.54) is 18.4 Å². The first kappa shape index (κ1) is 25.4. The molecule has 2 aromatic carbocycles. The molecule has 0 aliphatic rings. The van der Waals surface area contributed by atoms with Gasteiger partial charge in [0, 0.05) is 6.42 Å². The van der Waals surface area contributed by atoms with Crippen molar-refractivity contribution in [1.82, 2.24) is 0 Å². The molecule has 1 atom stereocenters. The number of hydrogen-bond acceptors (Lipinski definition) is 2. The number of benzene rings is 2. The molecule has 172 valence electrons. The lowest BCUT2D eigenvalue weighted by Crippen LogP contribution is -2.67. The summed E-state index contributed by atoms with van der Waals surface area (Å²) in [4.78, 5) is 0. The fourth-order valence-electron chi connectivity index (χ4n) is 3.92. The lowest BCUT2D eigenvalue weighted by atomic mass is 9.82. The molecule has 0 aliphatic carbocycles. The largest absolute Gasteiger partial charge is 0.487 e. The summed E-state index contributed by atoms with van der Waals surface area (Å²) in [6.45, 7) is 15.2. The molecule has 0 aliphatic heterocycles. The Morgan fingerprint density at radius 3 is 2.13 bits per heavy atom. The van der Waals surface area contributed by atoms with Gasteiger partial charge >= 0.3 is 0 Å². The summed E-state index contributed by atoms with van der Waals surface area (Å²) >= 11 is 0. The Morgan fingerprint density at radius 1 is 0.903 bits per heavy atom. The third kappa shape index (κ3) is 6.57. The summed E-state index contributed by atoms with van der Waals surface area (Å²) in [6, 6.07) is 18.8. The van der Waals surface area contributed by atoms with E-state index in [9.17, 15) is 0 Å². The molecule has 0 saturated carbocycles.